The number of Topliss-reactive ketones (excluding diaryl/α,β-unsaturated/α-hetero) is 1. The number of aromatic amines is 1. The van der Waals surface area contributed by atoms with Crippen LogP contribution in [0.2, 0.25) is 0 Å². The van der Waals surface area contributed by atoms with Crippen LogP contribution in [-0.2, 0) is 17.6 Å². The third kappa shape index (κ3) is 2.76. The Morgan fingerprint density at radius 3 is 2.88 bits per heavy atom. The standard InChI is InChI=1S/C19H17NO3S/c21-16(14-10-20-15-7-3-2-6-13(14)15)11-23-19(22)18-9-12-5-1-4-8-17(12)24-18/h2-3,6-7,9-10,20H,1,4-5,8,11H2. The smallest absolute Gasteiger partial charge is 0.348 e. The second-order valence-corrected chi connectivity index (χ2v) is 7.15. The molecular weight excluding hydrogens is 322 g/mol. The number of para-hydroxylation sites is 1. The van der Waals surface area contributed by atoms with E-state index in [1.54, 1.807) is 6.20 Å². The van der Waals surface area contributed by atoms with Crippen molar-refractivity contribution in [1.82, 2.24) is 4.98 Å². The first-order valence-corrected chi connectivity index (χ1v) is 8.92. The molecule has 0 fully saturated rings. The maximum Gasteiger partial charge on any atom is 0.348 e. The number of hydrogen-bond acceptors (Lipinski definition) is 4. The quantitative estimate of drug-likeness (QED) is 0.574. The number of esters is 1. The fourth-order valence-corrected chi connectivity index (χ4v) is 4.32. The molecule has 0 saturated carbocycles. The first-order valence-electron chi connectivity index (χ1n) is 8.10. The van der Waals surface area contributed by atoms with Crippen LogP contribution in [0.1, 0.15) is 43.3 Å². The maximum absolute atomic E-state index is 12.4. The van der Waals surface area contributed by atoms with Gasteiger partial charge in [0.1, 0.15) is 4.88 Å². The molecule has 4 nitrogen and oxygen atoms in total. The Morgan fingerprint density at radius 2 is 2.00 bits per heavy atom. The highest BCUT2D eigenvalue weighted by Gasteiger charge is 2.20. The number of fused-ring (bicyclic) bond motifs is 2. The molecule has 1 aliphatic rings. The van der Waals surface area contributed by atoms with Gasteiger partial charge in [0.25, 0.3) is 0 Å². The zero-order valence-corrected chi connectivity index (χ0v) is 13.9. The number of rotatable bonds is 4. The van der Waals surface area contributed by atoms with Gasteiger partial charge in [0, 0.05) is 27.5 Å². The molecule has 1 aliphatic carbocycles. The summed E-state index contributed by atoms with van der Waals surface area (Å²) in [6, 6.07) is 9.51. The van der Waals surface area contributed by atoms with Crippen LogP contribution >= 0.6 is 11.3 Å². The van der Waals surface area contributed by atoms with Crippen LogP contribution in [0.25, 0.3) is 10.9 Å². The van der Waals surface area contributed by atoms with E-state index in [1.165, 1.54) is 34.6 Å². The Labute approximate surface area is 143 Å². The van der Waals surface area contributed by atoms with E-state index in [0.29, 0.717) is 10.4 Å². The Hall–Kier alpha value is -2.40. The second-order valence-electron chi connectivity index (χ2n) is 6.01. The molecule has 3 aromatic rings. The van der Waals surface area contributed by atoms with Gasteiger partial charge < -0.3 is 9.72 Å². The van der Waals surface area contributed by atoms with Crippen LogP contribution in [0, 0.1) is 0 Å². The van der Waals surface area contributed by atoms with Crippen LogP contribution in [-0.4, -0.2) is 23.3 Å². The molecular formula is C19H17NO3S. The highest BCUT2D eigenvalue weighted by molar-refractivity contribution is 7.14. The van der Waals surface area contributed by atoms with E-state index >= 15 is 0 Å². The molecule has 0 saturated heterocycles. The molecule has 2 aromatic heterocycles. The van der Waals surface area contributed by atoms with E-state index in [2.05, 4.69) is 4.98 Å². The van der Waals surface area contributed by atoms with Gasteiger partial charge in [-0.3, -0.25) is 4.79 Å². The molecule has 0 spiro atoms. The van der Waals surface area contributed by atoms with E-state index < -0.39 is 5.97 Å². The molecule has 0 radical (unpaired) electrons. The fraction of sp³-hybridized carbons (Fsp3) is 0.263. The minimum absolute atomic E-state index is 0.192. The van der Waals surface area contributed by atoms with E-state index in [0.717, 1.165) is 23.7 Å². The van der Waals surface area contributed by atoms with Crippen molar-refractivity contribution in [2.45, 2.75) is 25.7 Å². The van der Waals surface area contributed by atoms with Crippen molar-refractivity contribution in [3.63, 3.8) is 0 Å². The van der Waals surface area contributed by atoms with Crippen LogP contribution in [0.4, 0.5) is 0 Å². The zero-order chi connectivity index (χ0) is 16.5. The first kappa shape index (κ1) is 15.1. The Morgan fingerprint density at radius 1 is 1.17 bits per heavy atom. The molecule has 0 amide bonds. The zero-order valence-electron chi connectivity index (χ0n) is 13.1. The predicted octanol–water partition coefficient (Wildman–Crippen LogP) is 4.15. The molecule has 0 atom stereocenters. The van der Waals surface area contributed by atoms with Crippen LogP contribution in [0.3, 0.4) is 0 Å². The monoisotopic (exact) mass is 339 g/mol. The van der Waals surface area contributed by atoms with E-state index in [-0.39, 0.29) is 12.4 Å². The van der Waals surface area contributed by atoms with Gasteiger partial charge in [0.05, 0.1) is 0 Å². The van der Waals surface area contributed by atoms with E-state index in [9.17, 15) is 9.59 Å². The number of aromatic nitrogens is 1. The Kier molecular flexibility index (Phi) is 3.94. The Balaban J connectivity index is 1.45. The molecule has 0 aliphatic heterocycles. The van der Waals surface area contributed by atoms with Gasteiger partial charge >= 0.3 is 5.97 Å². The van der Waals surface area contributed by atoms with Crippen molar-refractivity contribution in [2.24, 2.45) is 0 Å². The van der Waals surface area contributed by atoms with Crippen molar-refractivity contribution in [3.8, 4) is 0 Å². The van der Waals surface area contributed by atoms with Gasteiger partial charge in [0.15, 0.2) is 6.61 Å². The van der Waals surface area contributed by atoms with Crippen LogP contribution in [0.5, 0.6) is 0 Å². The van der Waals surface area contributed by atoms with Gasteiger partial charge in [-0.15, -0.1) is 11.3 Å². The molecule has 24 heavy (non-hydrogen) atoms. The maximum atomic E-state index is 12.4. The molecule has 1 aromatic carbocycles. The number of nitrogens with one attached hydrogen (secondary N) is 1. The van der Waals surface area contributed by atoms with Crippen molar-refractivity contribution >= 4 is 34.0 Å². The lowest BCUT2D eigenvalue weighted by molar-refractivity contribution is 0.0480. The number of ketones is 1. The molecule has 122 valence electrons. The van der Waals surface area contributed by atoms with Crippen molar-refractivity contribution in [2.75, 3.05) is 6.61 Å². The lowest BCUT2D eigenvalue weighted by Gasteiger charge is -2.08. The summed E-state index contributed by atoms with van der Waals surface area (Å²) in [4.78, 5) is 29.5. The molecule has 5 heteroatoms. The molecule has 1 N–H and O–H groups in total. The predicted molar refractivity (Wildman–Crippen MR) is 93.9 cm³/mol. The molecule has 2 heterocycles. The summed E-state index contributed by atoms with van der Waals surface area (Å²) < 4.78 is 5.25. The summed E-state index contributed by atoms with van der Waals surface area (Å²) in [6.45, 7) is -0.233. The second kappa shape index (κ2) is 6.24. The third-order valence-electron chi connectivity index (χ3n) is 4.42. The van der Waals surface area contributed by atoms with Gasteiger partial charge in [-0.05, 0) is 43.4 Å². The molecule has 0 bridgehead atoms. The number of benzene rings is 1. The topological polar surface area (TPSA) is 59.2 Å². The number of carbonyl (C=O) groups is 2. The lowest BCUT2D eigenvalue weighted by Crippen LogP contribution is -2.13. The van der Waals surface area contributed by atoms with Crippen molar-refractivity contribution in [3.05, 3.63) is 57.4 Å². The SMILES string of the molecule is O=C(OCC(=O)c1c[nH]c2ccccc12)c1cc2c(s1)CCCC2. The largest absolute Gasteiger partial charge is 0.453 e. The molecule has 0 unspecified atom stereocenters. The van der Waals surface area contributed by atoms with Crippen LogP contribution < -0.4 is 0 Å². The summed E-state index contributed by atoms with van der Waals surface area (Å²) in [7, 11) is 0. The minimum Gasteiger partial charge on any atom is -0.453 e. The number of thiophene rings is 1. The van der Waals surface area contributed by atoms with Crippen molar-refractivity contribution in [1.29, 1.82) is 0 Å². The van der Waals surface area contributed by atoms with Crippen LogP contribution in [0.15, 0.2) is 36.5 Å². The molecule has 4 rings (SSSR count). The minimum atomic E-state index is -0.400. The van der Waals surface area contributed by atoms with Gasteiger partial charge in [-0.2, -0.15) is 0 Å². The first-order chi connectivity index (χ1) is 11.7. The summed E-state index contributed by atoms with van der Waals surface area (Å²) >= 11 is 1.50. The van der Waals surface area contributed by atoms with Gasteiger partial charge in [0.2, 0.25) is 5.78 Å². The number of hydrogen-bond donors (Lipinski definition) is 1. The Bertz CT molecular complexity index is 898. The van der Waals surface area contributed by atoms with Crippen molar-refractivity contribution < 1.29 is 14.3 Å². The fourth-order valence-electron chi connectivity index (χ4n) is 3.17. The van der Waals surface area contributed by atoms with E-state index in [1.807, 2.05) is 30.3 Å². The highest BCUT2D eigenvalue weighted by atomic mass is 32.1. The average molecular weight is 339 g/mol. The third-order valence-corrected chi connectivity index (χ3v) is 5.64. The number of carbonyl (C=O) groups excluding carboxylic acids is 2. The normalized spacial score (nSPS) is 13.7. The van der Waals surface area contributed by atoms with Gasteiger partial charge in [-0.25, -0.2) is 4.79 Å². The number of H-pyrrole nitrogens is 1. The van der Waals surface area contributed by atoms with Gasteiger partial charge in [-0.1, -0.05) is 18.2 Å². The number of ether oxygens (including phenoxy) is 1. The summed E-state index contributed by atoms with van der Waals surface area (Å²) in [5.41, 5.74) is 2.73. The number of aryl methyl sites for hydroxylation is 2. The average Bonchev–Trinajstić information content (AvgIpc) is 3.23. The summed E-state index contributed by atoms with van der Waals surface area (Å²) in [5, 5.41) is 0.852. The summed E-state index contributed by atoms with van der Waals surface area (Å²) in [6.07, 6.45) is 6.11. The lowest BCUT2D eigenvalue weighted by atomic mass is 9.99. The summed E-state index contributed by atoms with van der Waals surface area (Å²) in [5.74, 6) is -0.593. The highest BCUT2D eigenvalue weighted by Crippen LogP contribution is 2.30. The van der Waals surface area contributed by atoms with E-state index in [4.69, 9.17) is 4.74 Å².